The maximum atomic E-state index is 6.65. The first-order valence-electron chi connectivity index (χ1n) is 10.6. The number of aryl methyl sites for hydroxylation is 1. The van der Waals surface area contributed by atoms with Gasteiger partial charge in [0.15, 0.2) is 0 Å². The van der Waals surface area contributed by atoms with Gasteiger partial charge in [-0.2, -0.15) is 0 Å². The number of piperidine rings is 1. The second-order valence-electron chi connectivity index (χ2n) is 8.62. The standard InChI is InChI=1S/C24H33N3O/c1-26(2)16-18-9-12-21(13-10-18)28-24-22-8-4-3-6-19(22)11-14-23(24)27-15-5-7-20(25)17-27/h3-4,6,8-10,12-13,20,23-24H,5,7,11,14-17,25H2,1-2H3/t20-,23+,24+/m1/s1. The van der Waals surface area contributed by atoms with Crippen LogP contribution in [0.4, 0.5) is 0 Å². The van der Waals surface area contributed by atoms with E-state index in [1.807, 2.05) is 0 Å². The summed E-state index contributed by atoms with van der Waals surface area (Å²) in [6.07, 6.45) is 4.64. The highest BCUT2D eigenvalue weighted by atomic mass is 16.5. The van der Waals surface area contributed by atoms with Crippen molar-refractivity contribution in [2.24, 2.45) is 5.73 Å². The third-order valence-electron chi connectivity index (χ3n) is 6.06. The molecule has 0 aromatic heterocycles. The van der Waals surface area contributed by atoms with Gasteiger partial charge in [-0.05, 0) is 75.1 Å². The molecule has 1 aliphatic carbocycles. The SMILES string of the molecule is CN(C)Cc1ccc(O[C@H]2c3ccccc3CC[C@@H]2N2CCC[C@@H](N)C2)cc1. The first-order chi connectivity index (χ1) is 13.6. The Hall–Kier alpha value is -1.88. The molecule has 0 spiro atoms. The van der Waals surface area contributed by atoms with Crippen molar-refractivity contribution in [1.29, 1.82) is 0 Å². The van der Waals surface area contributed by atoms with Crippen LogP contribution in [0.3, 0.4) is 0 Å². The van der Waals surface area contributed by atoms with Gasteiger partial charge in [-0.15, -0.1) is 0 Å². The number of benzene rings is 2. The summed E-state index contributed by atoms with van der Waals surface area (Å²) >= 11 is 0. The van der Waals surface area contributed by atoms with Crippen LogP contribution in [0, 0.1) is 0 Å². The average molecular weight is 380 g/mol. The Kier molecular flexibility index (Phi) is 6.00. The Balaban J connectivity index is 1.58. The Morgan fingerprint density at radius 3 is 2.61 bits per heavy atom. The van der Waals surface area contributed by atoms with Crippen LogP contribution in [0.2, 0.25) is 0 Å². The largest absolute Gasteiger partial charge is 0.484 e. The molecule has 2 aromatic carbocycles. The second-order valence-corrected chi connectivity index (χ2v) is 8.62. The highest BCUT2D eigenvalue weighted by Crippen LogP contribution is 2.37. The molecule has 1 fully saturated rings. The van der Waals surface area contributed by atoms with Gasteiger partial charge in [0.1, 0.15) is 11.9 Å². The second kappa shape index (κ2) is 8.64. The number of ether oxygens (including phenoxy) is 1. The maximum Gasteiger partial charge on any atom is 0.139 e. The van der Waals surface area contributed by atoms with E-state index in [9.17, 15) is 0 Å². The smallest absolute Gasteiger partial charge is 0.139 e. The van der Waals surface area contributed by atoms with Gasteiger partial charge in [0, 0.05) is 19.1 Å². The summed E-state index contributed by atoms with van der Waals surface area (Å²) in [4.78, 5) is 4.76. The fourth-order valence-electron chi connectivity index (χ4n) is 4.74. The molecule has 2 aromatic rings. The number of fused-ring (bicyclic) bond motifs is 1. The van der Waals surface area contributed by atoms with Crippen molar-refractivity contribution in [3.05, 3.63) is 65.2 Å². The fraction of sp³-hybridized carbons (Fsp3) is 0.500. The van der Waals surface area contributed by atoms with E-state index in [-0.39, 0.29) is 12.1 Å². The highest BCUT2D eigenvalue weighted by molar-refractivity contribution is 5.35. The van der Waals surface area contributed by atoms with Crippen molar-refractivity contribution in [1.82, 2.24) is 9.80 Å². The van der Waals surface area contributed by atoms with Gasteiger partial charge in [0.2, 0.25) is 0 Å². The first-order valence-corrected chi connectivity index (χ1v) is 10.6. The summed E-state index contributed by atoms with van der Waals surface area (Å²) in [6.45, 7) is 3.05. The zero-order valence-electron chi connectivity index (χ0n) is 17.2. The molecule has 28 heavy (non-hydrogen) atoms. The van der Waals surface area contributed by atoms with E-state index in [1.165, 1.54) is 23.1 Å². The topological polar surface area (TPSA) is 41.7 Å². The van der Waals surface area contributed by atoms with Gasteiger partial charge in [0.25, 0.3) is 0 Å². The van der Waals surface area contributed by atoms with Crippen molar-refractivity contribution in [3.8, 4) is 5.75 Å². The Labute approximate surface area is 169 Å². The van der Waals surface area contributed by atoms with Gasteiger partial charge in [0.05, 0.1) is 6.04 Å². The van der Waals surface area contributed by atoms with Crippen LogP contribution in [0.5, 0.6) is 5.75 Å². The van der Waals surface area contributed by atoms with Crippen LogP contribution in [-0.2, 0) is 13.0 Å². The lowest BCUT2D eigenvalue weighted by atomic mass is 9.84. The van der Waals surface area contributed by atoms with Crippen LogP contribution < -0.4 is 10.5 Å². The summed E-state index contributed by atoms with van der Waals surface area (Å²) in [5, 5.41) is 0. The summed E-state index contributed by atoms with van der Waals surface area (Å²) in [5.41, 5.74) is 10.4. The van der Waals surface area contributed by atoms with Crippen molar-refractivity contribution in [2.45, 2.75) is 50.4 Å². The molecule has 1 heterocycles. The molecule has 0 bridgehead atoms. The van der Waals surface area contributed by atoms with Gasteiger partial charge in [-0.25, -0.2) is 0 Å². The number of hydrogen-bond donors (Lipinski definition) is 1. The van der Waals surface area contributed by atoms with Crippen molar-refractivity contribution < 1.29 is 4.74 Å². The van der Waals surface area contributed by atoms with Crippen LogP contribution in [-0.4, -0.2) is 49.1 Å². The lowest BCUT2D eigenvalue weighted by Gasteiger charge is -2.43. The number of hydrogen-bond acceptors (Lipinski definition) is 4. The lowest BCUT2D eigenvalue weighted by Crippen LogP contribution is -2.51. The van der Waals surface area contributed by atoms with E-state index in [1.54, 1.807) is 0 Å². The number of nitrogens with two attached hydrogens (primary N) is 1. The molecule has 1 saturated heterocycles. The minimum Gasteiger partial charge on any atom is -0.484 e. The normalized spacial score (nSPS) is 25.5. The third-order valence-corrected chi connectivity index (χ3v) is 6.06. The Bertz CT molecular complexity index is 774. The predicted molar refractivity (Wildman–Crippen MR) is 115 cm³/mol. The zero-order chi connectivity index (χ0) is 19.5. The van der Waals surface area contributed by atoms with Crippen LogP contribution in [0.15, 0.2) is 48.5 Å². The van der Waals surface area contributed by atoms with E-state index in [2.05, 4.69) is 72.4 Å². The summed E-state index contributed by atoms with van der Waals surface area (Å²) in [6, 6.07) is 18.1. The van der Waals surface area contributed by atoms with Crippen molar-refractivity contribution in [3.63, 3.8) is 0 Å². The van der Waals surface area contributed by atoms with E-state index < -0.39 is 0 Å². The Morgan fingerprint density at radius 1 is 1.07 bits per heavy atom. The average Bonchev–Trinajstić information content (AvgIpc) is 2.69. The fourth-order valence-corrected chi connectivity index (χ4v) is 4.74. The number of nitrogens with zero attached hydrogens (tertiary/aromatic N) is 2. The van der Waals surface area contributed by atoms with E-state index >= 15 is 0 Å². The molecule has 3 atom stereocenters. The molecule has 1 aliphatic heterocycles. The molecule has 4 rings (SSSR count). The molecule has 0 saturated carbocycles. The van der Waals surface area contributed by atoms with Gasteiger partial charge >= 0.3 is 0 Å². The molecule has 2 aliphatic rings. The molecule has 0 amide bonds. The maximum absolute atomic E-state index is 6.65. The zero-order valence-corrected chi connectivity index (χ0v) is 17.2. The summed E-state index contributed by atoms with van der Waals surface area (Å²) in [5.74, 6) is 0.954. The number of likely N-dealkylation sites (tertiary alicyclic amines) is 1. The molecule has 4 nitrogen and oxygen atoms in total. The molecular formula is C24H33N3O. The van der Waals surface area contributed by atoms with E-state index in [0.29, 0.717) is 6.04 Å². The van der Waals surface area contributed by atoms with Crippen LogP contribution in [0.25, 0.3) is 0 Å². The first kappa shape index (κ1) is 19.4. The van der Waals surface area contributed by atoms with Gasteiger partial charge in [-0.3, -0.25) is 4.90 Å². The minimum absolute atomic E-state index is 0.0648. The molecule has 4 heteroatoms. The van der Waals surface area contributed by atoms with E-state index in [4.69, 9.17) is 10.5 Å². The summed E-state index contributed by atoms with van der Waals surface area (Å²) < 4.78 is 6.65. The van der Waals surface area contributed by atoms with Crippen molar-refractivity contribution >= 4 is 0 Å². The molecule has 2 N–H and O–H groups in total. The third kappa shape index (κ3) is 4.40. The minimum atomic E-state index is 0.0648. The summed E-state index contributed by atoms with van der Waals surface area (Å²) in [7, 11) is 4.19. The van der Waals surface area contributed by atoms with Crippen molar-refractivity contribution in [2.75, 3.05) is 27.2 Å². The van der Waals surface area contributed by atoms with Gasteiger partial charge < -0.3 is 15.4 Å². The lowest BCUT2D eigenvalue weighted by molar-refractivity contribution is 0.0367. The highest BCUT2D eigenvalue weighted by Gasteiger charge is 2.36. The Morgan fingerprint density at radius 2 is 1.86 bits per heavy atom. The molecule has 0 radical (unpaired) electrons. The van der Waals surface area contributed by atoms with Crippen LogP contribution in [0.1, 0.15) is 42.1 Å². The van der Waals surface area contributed by atoms with Crippen LogP contribution >= 0.6 is 0 Å². The molecule has 0 unspecified atom stereocenters. The monoisotopic (exact) mass is 379 g/mol. The number of rotatable bonds is 5. The predicted octanol–water partition coefficient (Wildman–Crippen LogP) is 3.61. The molecular weight excluding hydrogens is 346 g/mol. The quantitative estimate of drug-likeness (QED) is 0.862. The van der Waals surface area contributed by atoms with Gasteiger partial charge in [-0.1, -0.05) is 36.4 Å². The van der Waals surface area contributed by atoms with E-state index in [0.717, 1.165) is 44.6 Å². The molecule has 150 valence electrons.